The van der Waals surface area contributed by atoms with Gasteiger partial charge in [0.2, 0.25) is 0 Å². The highest BCUT2D eigenvalue weighted by Gasteiger charge is 1.97. The van der Waals surface area contributed by atoms with Crippen LogP contribution >= 0.6 is 0 Å². The number of hydrogen-bond donors (Lipinski definition) is 0. The maximum atomic E-state index is 4.29. The van der Waals surface area contributed by atoms with E-state index in [4.69, 9.17) is 0 Å². The molecule has 0 heterocycles. The summed E-state index contributed by atoms with van der Waals surface area (Å²) in [5.41, 5.74) is 2.06. The van der Waals surface area contributed by atoms with Crippen molar-refractivity contribution in [2.75, 3.05) is 0 Å². The summed E-state index contributed by atoms with van der Waals surface area (Å²) >= 11 is 0. The van der Waals surface area contributed by atoms with Gasteiger partial charge in [0.15, 0.2) is 0 Å². The summed E-state index contributed by atoms with van der Waals surface area (Å²) in [6, 6.07) is 11.0. The molecule has 0 bridgehead atoms. The van der Waals surface area contributed by atoms with Gasteiger partial charge in [-0.25, -0.2) is 4.99 Å². The summed E-state index contributed by atoms with van der Waals surface area (Å²) in [5.74, 6) is 6.47. The van der Waals surface area contributed by atoms with E-state index in [9.17, 15) is 0 Å². The Bertz CT molecular complexity index is 512. The number of unbranched alkanes of at least 4 members (excludes halogenated alkanes) is 3. The molecule has 0 aliphatic carbocycles. The third kappa shape index (κ3) is 6.92. The summed E-state index contributed by atoms with van der Waals surface area (Å²) in [7, 11) is 0. The average Bonchev–Trinajstić information content (AvgIpc) is 2.44. The van der Waals surface area contributed by atoms with Gasteiger partial charge in [0.05, 0.1) is 17.7 Å². The van der Waals surface area contributed by atoms with Crippen LogP contribution in [0.15, 0.2) is 34.3 Å². The second-order valence-electron chi connectivity index (χ2n) is 5.05. The van der Waals surface area contributed by atoms with Crippen LogP contribution in [-0.4, -0.2) is 12.1 Å². The predicted octanol–water partition coefficient (Wildman–Crippen LogP) is 5.03. The van der Waals surface area contributed by atoms with Crippen LogP contribution in [0.25, 0.3) is 0 Å². The van der Waals surface area contributed by atoms with E-state index in [2.05, 4.69) is 40.8 Å². The monoisotopic (exact) mass is 268 g/mol. The van der Waals surface area contributed by atoms with E-state index in [0.29, 0.717) is 0 Å². The summed E-state index contributed by atoms with van der Waals surface area (Å²) in [4.78, 5) is 8.43. The highest BCUT2D eigenvalue weighted by atomic mass is 14.8. The van der Waals surface area contributed by atoms with E-state index in [0.717, 1.165) is 24.1 Å². The van der Waals surface area contributed by atoms with Crippen molar-refractivity contribution in [2.45, 2.75) is 58.9 Å². The zero-order valence-corrected chi connectivity index (χ0v) is 12.8. The number of rotatable bonds is 6. The van der Waals surface area contributed by atoms with Gasteiger partial charge in [0.1, 0.15) is 0 Å². The molecule has 0 spiro atoms. The minimum Gasteiger partial charge on any atom is -0.223 e. The van der Waals surface area contributed by atoms with Gasteiger partial charge in [-0.15, -0.1) is 5.92 Å². The highest BCUT2D eigenvalue weighted by Crippen LogP contribution is 2.18. The Morgan fingerprint density at radius 2 is 1.90 bits per heavy atom. The molecule has 0 atom stereocenters. The normalized spacial score (nSPS) is 9.60. The molecule has 0 aromatic heterocycles. The van der Waals surface area contributed by atoms with Crippen molar-refractivity contribution < 1.29 is 0 Å². The Labute approximate surface area is 123 Å². The van der Waals surface area contributed by atoms with Gasteiger partial charge < -0.3 is 0 Å². The molecule has 0 N–H and O–H groups in total. The first-order chi connectivity index (χ1) is 9.74. The first-order valence-electron chi connectivity index (χ1n) is 7.43. The van der Waals surface area contributed by atoms with E-state index in [-0.39, 0.29) is 6.04 Å². The average molecular weight is 268 g/mol. The summed E-state index contributed by atoms with van der Waals surface area (Å²) in [5, 5.41) is 0. The van der Waals surface area contributed by atoms with Crippen LogP contribution in [0.2, 0.25) is 0 Å². The minimum absolute atomic E-state index is 0.226. The number of aliphatic imine (C=N–C) groups is 2. The molecule has 0 aliphatic heterocycles. The molecule has 0 radical (unpaired) electrons. The van der Waals surface area contributed by atoms with E-state index < -0.39 is 0 Å². The topological polar surface area (TPSA) is 24.7 Å². The van der Waals surface area contributed by atoms with Gasteiger partial charge in [-0.3, -0.25) is 0 Å². The summed E-state index contributed by atoms with van der Waals surface area (Å²) in [6.07, 6.45) is 5.45. The molecule has 0 saturated carbocycles. The molecule has 0 amide bonds. The van der Waals surface area contributed by atoms with Gasteiger partial charge in [-0.05, 0) is 31.9 Å². The molecular weight excluding hydrogens is 244 g/mol. The van der Waals surface area contributed by atoms with Crippen molar-refractivity contribution in [1.29, 1.82) is 0 Å². The zero-order valence-electron chi connectivity index (χ0n) is 12.8. The quantitative estimate of drug-likeness (QED) is 0.393. The maximum absolute atomic E-state index is 4.29. The molecule has 2 nitrogen and oxygen atoms in total. The van der Waals surface area contributed by atoms with Crippen molar-refractivity contribution in [3.63, 3.8) is 0 Å². The van der Waals surface area contributed by atoms with Gasteiger partial charge in [-0.1, -0.05) is 43.9 Å². The van der Waals surface area contributed by atoms with Crippen molar-refractivity contribution in [1.82, 2.24) is 0 Å². The van der Waals surface area contributed by atoms with Gasteiger partial charge in [0, 0.05) is 12.8 Å². The number of para-hydroxylation sites is 1. The lowest BCUT2D eigenvalue weighted by Crippen LogP contribution is -1.85. The molecule has 0 aliphatic rings. The van der Waals surface area contributed by atoms with Crippen LogP contribution in [0, 0.1) is 11.8 Å². The van der Waals surface area contributed by atoms with E-state index in [1.807, 2.05) is 32.0 Å². The smallest absolute Gasteiger partial charge is 0.0951 e. The van der Waals surface area contributed by atoms with Gasteiger partial charge in [0.25, 0.3) is 0 Å². The second-order valence-corrected chi connectivity index (χ2v) is 5.05. The van der Waals surface area contributed by atoms with E-state index in [1.165, 1.54) is 19.3 Å². The second kappa shape index (κ2) is 10.0. The lowest BCUT2D eigenvalue weighted by Gasteiger charge is -1.99. The molecule has 0 saturated heterocycles. The Balaban J connectivity index is 2.64. The van der Waals surface area contributed by atoms with Crippen LogP contribution in [-0.2, 0) is 6.42 Å². The summed E-state index contributed by atoms with van der Waals surface area (Å²) in [6.45, 7) is 6.23. The van der Waals surface area contributed by atoms with Crippen LogP contribution in [0.5, 0.6) is 0 Å². The molecule has 20 heavy (non-hydrogen) atoms. The molecule has 0 fully saturated rings. The van der Waals surface area contributed by atoms with Crippen molar-refractivity contribution >= 4 is 11.7 Å². The lowest BCUT2D eigenvalue weighted by molar-refractivity contribution is 0.737. The minimum atomic E-state index is 0.226. The lowest BCUT2D eigenvalue weighted by atomic mass is 10.1. The molecule has 106 valence electrons. The third-order valence-electron chi connectivity index (χ3n) is 2.79. The standard InChI is InChI=1S/C18H24N2/c1-4-5-6-7-8-9-12-17-13-10-11-14-18(17)20-15-19-16(2)3/h10-11,13-14,16H,4-7,12H2,1-3H3. The molecule has 1 rings (SSSR count). The zero-order chi connectivity index (χ0) is 14.6. The Morgan fingerprint density at radius 3 is 2.65 bits per heavy atom. The highest BCUT2D eigenvalue weighted by molar-refractivity contribution is 5.56. The van der Waals surface area contributed by atoms with E-state index in [1.54, 1.807) is 0 Å². The van der Waals surface area contributed by atoms with Crippen LogP contribution in [0.4, 0.5) is 5.69 Å². The fraction of sp³-hybridized carbons (Fsp3) is 0.500. The third-order valence-corrected chi connectivity index (χ3v) is 2.79. The molecule has 0 unspecified atom stereocenters. The molecular formula is C18H24N2. The van der Waals surface area contributed by atoms with E-state index >= 15 is 0 Å². The summed E-state index contributed by atoms with van der Waals surface area (Å²) < 4.78 is 0. The predicted molar refractivity (Wildman–Crippen MR) is 86.7 cm³/mol. The van der Waals surface area contributed by atoms with Crippen molar-refractivity contribution in [3.05, 3.63) is 29.8 Å². The van der Waals surface area contributed by atoms with Crippen LogP contribution in [0.3, 0.4) is 0 Å². The molecule has 1 aromatic carbocycles. The Hall–Kier alpha value is -1.84. The molecule has 1 aromatic rings. The SMILES string of the molecule is CCCCCC#CCc1ccccc1N=C=NC(C)C. The fourth-order valence-electron chi connectivity index (χ4n) is 1.68. The van der Waals surface area contributed by atoms with Crippen molar-refractivity contribution in [2.24, 2.45) is 9.98 Å². The number of benzene rings is 1. The Kier molecular flexibility index (Phi) is 8.11. The largest absolute Gasteiger partial charge is 0.223 e. The molecule has 2 heteroatoms. The maximum Gasteiger partial charge on any atom is 0.0951 e. The fourth-order valence-corrected chi connectivity index (χ4v) is 1.68. The number of nitrogens with zero attached hydrogens (tertiary/aromatic N) is 2. The first-order valence-corrected chi connectivity index (χ1v) is 7.43. The van der Waals surface area contributed by atoms with Crippen molar-refractivity contribution in [3.8, 4) is 11.8 Å². The van der Waals surface area contributed by atoms with Crippen LogP contribution in [0.1, 0.15) is 52.0 Å². The van der Waals surface area contributed by atoms with Gasteiger partial charge >= 0.3 is 0 Å². The van der Waals surface area contributed by atoms with Gasteiger partial charge in [-0.2, -0.15) is 4.99 Å². The number of hydrogen-bond acceptors (Lipinski definition) is 2. The first kappa shape index (κ1) is 16.2. The van der Waals surface area contributed by atoms with Crippen LogP contribution < -0.4 is 0 Å². The Morgan fingerprint density at radius 1 is 1.10 bits per heavy atom.